The fourth-order valence-electron chi connectivity index (χ4n) is 5.23. The van der Waals surface area contributed by atoms with E-state index in [0.29, 0.717) is 10.8 Å². The van der Waals surface area contributed by atoms with Crippen molar-refractivity contribution < 1.29 is 14.3 Å². The molecule has 4 aliphatic rings. The van der Waals surface area contributed by atoms with Gasteiger partial charge in [-0.1, -0.05) is 0 Å². The van der Waals surface area contributed by atoms with Gasteiger partial charge in [-0.15, -0.1) is 11.3 Å². The Hall–Kier alpha value is -1.43. The first kappa shape index (κ1) is 15.1. The molecule has 0 spiro atoms. The molecule has 1 amide bonds. The molecule has 0 aromatic carbocycles. The monoisotopic (exact) mass is 334 g/mol. The summed E-state index contributed by atoms with van der Waals surface area (Å²) in [6.07, 6.45) is 7.01. The highest BCUT2D eigenvalue weighted by Gasteiger charge is 2.55. The lowest BCUT2D eigenvalue weighted by Crippen LogP contribution is -2.50. The fraction of sp³-hybridized carbons (Fsp3) is 0.706. The molecular weight excluding hydrogens is 312 g/mol. The molecule has 4 bridgehead atoms. The normalized spacial score (nSPS) is 34.4. The molecule has 5 nitrogen and oxygen atoms in total. The van der Waals surface area contributed by atoms with E-state index in [9.17, 15) is 9.59 Å². The predicted molar refractivity (Wildman–Crippen MR) is 86.8 cm³/mol. The van der Waals surface area contributed by atoms with Gasteiger partial charge in [0.05, 0.1) is 11.1 Å². The number of carbonyl (C=O) groups excluding carboxylic acids is 2. The number of nitrogens with one attached hydrogen (secondary N) is 1. The average molecular weight is 334 g/mol. The van der Waals surface area contributed by atoms with Gasteiger partial charge in [0.25, 0.3) is 0 Å². The minimum atomic E-state index is -0.217. The van der Waals surface area contributed by atoms with Gasteiger partial charge < -0.3 is 10.1 Å². The van der Waals surface area contributed by atoms with Gasteiger partial charge in [0.1, 0.15) is 6.61 Å². The van der Waals surface area contributed by atoms with Gasteiger partial charge >= 0.3 is 5.97 Å². The van der Waals surface area contributed by atoms with E-state index in [4.69, 9.17) is 4.74 Å². The van der Waals surface area contributed by atoms with E-state index in [2.05, 4.69) is 10.3 Å². The number of carbonyl (C=O) groups is 2. The summed E-state index contributed by atoms with van der Waals surface area (Å²) in [6, 6.07) is 0. The average Bonchev–Trinajstić information content (AvgIpc) is 2.90. The zero-order chi connectivity index (χ0) is 16.0. The Morgan fingerprint density at radius 3 is 2.43 bits per heavy atom. The van der Waals surface area contributed by atoms with Crippen LogP contribution in [0.3, 0.4) is 0 Å². The van der Waals surface area contributed by atoms with E-state index < -0.39 is 0 Å². The smallest absolute Gasteiger partial charge is 0.312 e. The molecule has 4 fully saturated rings. The minimum absolute atomic E-state index is 0.0225. The summed E-state index contributed by atoms with van der Waals surface area (Å²) in [7, 11) is 0. The highest BCUT2D eigenvalue weighted by molar-refractivity contribution is 7.13. The zero-order valence-corrected chi connectivity index (χ0v) is 14.2. The van der Waals surface area contributed by atoms with E-state index in [1.54, 1.807) is 0 Å². The summed E-state index contributed by atoms with van der Waals surface area (Å²) < 4.78 is 5.62. The lowest BCUT2D eigenvalue weighted by atomic mass is 9.49. The van der Waals surface area contributed by atoms with E-state index >= 15 is 0 Å². The van der Waals surface area contributed by atoms with Crippen LogP contribution in [0.1, 0.15) is 51.1 Å². The lowest BCUT2D eigenvalue weighted by molar-refractivity contribution is -0.173. The van der Waals surface area contributed by atoms with Gasteiger partial charge in [0.2, 0.25) is 5.91 Å². The third-order valence-corrected chi connectivity index (χ3v) is 6.46. The van der Waals surface area contributed by atoms with Crippen molar-refractivity contribution in [2.24, 2.45) is 23.2 Å². The van der Waals surface area contributed by atoms with Crippen molar-refractivity contribution in [3.8, 4) is 0 Å². The third-order valence-electron chi connectivity index (χ3n) is 5.66. The highest BCUT2D eigenvalue weighted by atomic mass is 32.1. The van der Waals surface area contributed by atoms with Crippen LogP contribution < -0.4 is 5.32 Å². The van der Waals surface area contributed by atoms with E-state index in [1.807, 2.05) is 5.38 Å². The second kappa shape index (κ2) is 5.58. The number of anilines is 1. The van der Waals surface area contributed by atoms with Crippen molar-refractivity contribution in [2.45, 2.75) is 52.1 Å². The number of esters is 1. The van der Waals surface area contributed by atoms with Crippen LogP contribution >= 0.6 is 11.3 Å². The summed E-state index contributed by atoms with van der Waals surface area (Å²) in [6.45, 7) is 1.66. The molecule has 4 aliphatic carbocycles. The lowest BCUT2D eigenvalue weighted by Gasteiger charge is -2.55. The van der Waals surface area contributed by atoms with E-state index in [1.165, 1.54) is 37.5 Å². The number of thiazole rings is 1. The largest absolute Gasteiger partial charge is 0.459 e. The highest BCUT2D eigenvalue weighted by Crippen LogP contribution is 2.60. The Bertz CT molecular complexity index is 604. The summed E-state index contributed by atoms with van der Waals surface area (Å²) in [5.41, 5.74) is 0.488. The van der Waals surface area contributed by atoms with Crippen LogP contribution in [-0.4, -0.2) is 16.9 Å². The van der Waals surface area contributed by atoms with Crippen molar-refractivity contribution in [1.29, 1.82) is 0 Å². The Balaban J connectivity index is 1.38. The summed E-state index contributed by atoms with van der Waals surface area (Å²) in [5, 5.41) is 5.03. The Kier molecular flexibility index (Phi) is 3.67. The molecule has 0 unspecified atom stereocenters. The minimum Gasteiger partial charge on any atom is -0.459 e. The maximum atomic E-state index is 12.7. The Labute approximate surface area is 139 Å². The molecule has 6 heteroatoms. The van der Waals surface area contributed by atoms with Crippen LogP contribution in [0.15, 0.2) is 5.38 Å². The van der Waals surface area contributed by atoms with Gasteiger partial charge in [-0.25, -0.2) is 4.98 Å². The van der Waals surface area contributed by atoms with Gasteiger partial charge in [-0.3, -0.25) is 9.59 Å². The third kappa shape index (κ3) is 2.89. The molecule has 1 aromatic rings. The fourth-order valence-corrected chi connectivity index (χ4v) is 5.98. The first-order valence-electron chi connectivity index (χ1n) is 8.42. The van der Waals surface area contributed by atoms with Crippen LogP contribution in [0, 0.1) is 23.2 Å². The Morgan fingerprint density at radius 1 is 1.26 bits per heavy atom. The maximum absolute atomic E-state index is 12.7. The second-order valence-electron chi connectivity index (χ2n) is 7.60. The van der Waals surface area contributed by atoms with Crippen molar-refractivity contribution in [3.05, 3.63) is 11.1 Å². The number of ether oxygens (including phenoxy) is 1. The van der Waals surface area contributed by atoms with Crippen molar-refractivity contribution in [3.63, 3.8) is 0 Å². The molecule has 1 aromatic heterocycles. The molecule has 1 N–H and O–H groups in total. The number of nitrogens with zero attached hydrogens (tertiary/aromatic N) is 1. The first-order valence-corrected chi connectivity index (χ1v) is 9.29. The van der Waals surface area contributed by atoms with Crippen molar-refractivity contribution in [1.82, 2.24) is 4.98 Å². The summed E-state index contributed by atoms with van der Waals surface area (Å²) in [4.78, 5) is 28.0. The van der Waals surface area contributed by atoms with E-state index in [0.717, 1.165) is 37.0 Å². The predicted octanol–water partition coefficient (Wildman–Crippen LogP) is 3.36. The molecule has 124 valence electrons. The maximum Gasteiger partial charge on any atom is 0.312 e. The number of hydrogen-bond acceptors (Lipinski definition) is 5. The van der Waals surface area contributed by atoms with Crippen LogP contribution in [0.2, 0.25) is 0 Å². The molecule has 0 radical (unpaired) electrons. The molecule has 23 heavy (non-hydrogen) atoms. The van der Waals surface area contributed by atoms with Gasteiger partial charge in [0.15, 0.2) is 5.13 Å². The first-order chi connectivity index (χ1) is 11.0. The number of amides is 1. The van der Waals surface area contributed by atoms with Gasteiger partial charge in [0, 0.05) is 12.3 Å². The van der Waals surface area contributed by atoms with Gasteiger partial charge in [-0.2, -0.15) is 0 Å². The van der Waals surface area contributed by atoms with Crippen LogP contribution in [0.4, 0.5) is 5.13 Å². The van der Waals surface area contributed by atoms with Crippen LogP contribution in [0.5, 0.6) is 0 Å². The second-order valence-corrected chi connectivity index (χ2v) is 8.46. The molecule has 5 rings (SSSR count). The van der Waals surface area contributed by atoms with E-state index in [-0.39, 0.29) is 23.9 Å². The number of hydrogen-bond donors (Lipinski definition) is 1. The van der Waals surface area contributed by atoms with Crippen LogP contribution in [-0.2, 0) is 20.9 Å². The van der Waals surface area contributed by atoms with Crippen LogP contribution in [0.25, 0.3) is 0 Å². The summed E-state index contributed by atoms with van der Waals surface area (Å²) in [5.74, 6) is 2.04. The number of rotatable bonds is 4. The van der Waals surface area contributed by atoms with Gasteiger partial charge in [-0.05, 0) is 56.3 Å². The quantitative estimate of drug-likeness (QED) is 0.857. The Morgan fingerprint density at radius 2 is 1.87 bits per heavy atom. The molecule has 4 saturated carbocycles. The standard InChI is InChI=1S/C17H22N2O3S/c1-10(20)18-16-19-14(9-23-16)8-22-15(21)17-5-11-2-12(6-17)4-13(3-11)7-17/h9,11-13H,2-8H2,1H3,(H,18,19,20). The van der Waals surface area contributed by atoms with Crippen molar-refractivity contribution >= 4 is 28.3 Å². The number of aromatic nitrogens is 1. The molecular formula is C17H22N2O3S. The SMILES string of the molecule is CC(=O)Nc1nc(COC(=O)C23CC4CC(CC(C4)C2)C3)cs1. The molecule has 0 atom stereocenters. The molecule has 1 heterocycles. The molecule has 0 saturated heterocycles. The zero-order valence-electron chi connectivity index (χ0n) is 13.3. The molecule has 0 aliphatic heterocycles. The topological polar surface area (TPSA) is 68.3 Å². The summed E-state index contributed by atoms with van der Waals surface area (Å²) >= 11 is 1.35. The van der Waals surface area contributed by atoms with Crippen molar-refractivity contribution in [2.75, 3.05) is 5.32 Å².